The average molecular weight is 299 g/mol. The molecule has 5 heteroatoms. The highest BCUT2D eigenvalue weighted by Crippen LogP contribution is 2.17. The van der Waals surface area contributed by atoms with E-state index in [1.807, 2.05) is 30.3 Å². The largest absolute Gasteiger partial charge is 0.493 e. The molecule has 114 valence electrons. The zero-order valence-electron chi connectivity index (χ0n) is 12.2. The Balaban J connectivity index is 1.85. The molecule has 0 saturated heterocycles. The van der Waals surface area contributed by atoms with Crippen LogP contribution in [0.25, 0.3) is 0 Å². The van der Waals surface area contributed by atoms with Crippen molar-refractivity contribution in [3.63, 3.8) is 0 Å². The van der Waals surface area contributed by atoms with Gasteiger partial charge in [0, 0.05) is 5.69 Å². The molecule has 5 nitrogen and oxygen atoms in total. The van der Waals surface area contributed by atoms with Crippen molar-refractivity contribution < 1.29 is 19.4 Å². The van der Waals surface area contributed by atoms with Crippen LogP contribution in [0.2, 0.25) is 0 Å². The van der Waals surface area contributed by atoms with Gasteiger partial charge in [0.2, 0.25) is 5.91 Å². The van der Waals surface area contributed by atoms with E-state index >= 15 is 0 Å². The lowest BCUT2D eigenvalue weighted by atomic mass is 10.1. The van der Waals surface area contributed by atoms with E-state index in [1.54, 1.807) is 13.0 Å². The van der Waals surface area contributed by atoms with Crippen molar-refractivity contribution in [1.82, 2.24) is 0 Å². The molecule has 0 saturated carbocycles. The van der Waals surface area contributed by atoms with E-state index in [-0.39, 0.29) is 24.5 Å². The highest BCUT2D eigenvalue weighted by Gasteiger charge is 2.08. The molecule has 0 bridgehead atoms. The summed E-state index contributed by atoms with van der Waals surface area (Å²) in [5.74, 6) is -0.448. The number of hydrogen-bond acceptors (Lipinski definition) is 3. The summed E-state index contributed by atoms with van der Waals surface area (Å²) in [5, 5.41) is 11.7. The summed E-state index contributed by atoms with van der Waals surface area (Å²) in [5.41, 5.74) is 1.51. The molecule has 2 aromatic carbocycles. The molecule has 0 spiro atoms. The summed E-state index contributed by atoms with van der Waals surface area (Å²) >= 11 is 0. The predicted molar refractivity (Wildman–Crippen MR) is 83.3 cm³/mol. The van der Waals surface area contributed by atoms with Gasteiger partial charge in [-0.1, -0.05) is 18.2 Å². The fraction of sp³-hybridized carbons (Fsp3) is 0.176. The Bertz CT molecular complexity index is 668. The second-order valence-electron chi connectivity index (χ2n) is 4.79. The first-order valence-corrected chi connectivity index (χ1v) is 6.88. The molecule has 0 unspecified atom stereocenters. The first-order valence-electron chi connectivity index (χ1n) is 6.88. The highest BCUT2D eigenvalue weighted by atomic mass is 16.5. The number of aryl methyl sites for hydroxylation is 1. The van der Waals surface area contributed by atoms with Crippen LogP contribution in [0.1, 0.15) is 22.3 Å². The minimum Gasteiger partial charge on any atom is -0.493 e. The molecule has 0 aliphatic carbocycles. The predicted octanol–water partition coefficient (Wildman–Crippen LogP) is 3.10. The SMILES string of the molecule is Cc1cc(C(=O)O)ccc1NC(=O)CCOc1ccccc1. The number of carbonyl (C=O) groups excluding carboxylic acids is 1. The van der Waals surface area contributed by atoms with Crippen molar-refractivity contribution >= 4 is 17.6 Å². The van der Waals surface area contributed by atoms with Gasteiger partial charge in [-0.25, -0.2) is 4.79 Å². The highest BCUT2D eigenvalue weighted by molar-refractivity contribution is 5.93. The van der Waals surface area contributed by atoms with E-state index < -0.39 is 5.97 Å². The lowest BCUT2D eigenvalue weighted by Gasteiger charge is -2.10. The summed E-state index contributed by atoms with van der Waals surface area (Å²) in [7, 11) is 0. The Hall–Kier alpha value is -2.82. The summed E-state index contributed by atoms with van der Waals surface area (Å²) in [4.78, 5) is 22.7. The van der Waals surface area contributed by atoms with Crippen molar-refractivity contribution in [2.75, 3.05) is 11.9 Å². The number of para-hydroxylation sites is 1. The number of anilines is 1. The normalized spacial score (nSPS) is 10.0. The van der Waals surface area contributed by atoms with E-state index in [9.17, 15) is 9.59 Å². The van der Waals surface area contributed by atoms with Crippen LogP contribution in [-0.2, 0) is 4.79 Å². The molecule has 0 atom stereocenters. The quantitative estimate of drug-likeness (QED) is 0.859. The van der Waals surface area contributed by atoms with Crippen LogP contribution < -0.4 is 10.1 Å². The van der Waals surface area contributed by atoms with Crippen LogP contribution in [0.5, 0.6) is 5.75 Å². The number of carboxylic acids is 1. The van der Waals surface area contributed by atoms with E-state index in [2.05, 4.69) is 5.32 Å². The van der Waals surface area contributed by atoms with Gasteiger partial charge in [0.1, 0.15) is 5.75 Å². The first kappa shape index (κ1) is 15.6. The number of hydrogen-bond donors (Lipinski definition) is 2. The summed E-state index contributed by atoms with van der Waals surface area (Å²) < 4.78 is 5.46. The third-order valence-corrected chi connectivity index (χ3v) is 3.09. The second-order valence-corrected chi connectivity index (χ2v) is 4.79. The molecule has 0 heterocycles. The summed E-state index contributed by atoms with van der Waals surface area (Å²) in [6.07, 6.45) is 0.217. The zero-order valence-corrected chi connectivity index (χ0v) is 12.2. The molecule has 0 radical (unpaired) electrons. The number of carboxylic acid groups (broad SMARTS) is 1. The van der Waals surface area contributed by atoms with E-state index in [0.29, 0.717) is 11.3 Å². The Morgan fingerprint density at radius 3 is 2.50 bits per heavy atom. The van der Waals surface area contributed by atoms with Crippen LogP contribution in [0.15, 0.2) is 48.5 Å². The van der Waals surface area contributed by atoms with Crippen LogP contribution in [0.4, 0.5) is 5.69 Å². The van der Waals surface area contributed by atoms with Crippen LogP contribution >= 0.6 is 0 Å². The van der Waals surface area contributed by atoms with Gasteiger partial charge in [-0.15, -0.1) is 0 Å². The summed E-state index contributed by atoms with van der Waals surface area (Å²) in [6, 6.07) is 13.9. The topological polar surface area (TPSA) is 75.6 Å². The number of benzene rings is 2. The number of amides is 1. The van der Waals surface area contributed by atoms with Crippen LogP contribution in [-0.4, -0.2) is 23.6 Å². The van der Waals surface area contributed by atoms with Crippen molar-refractivity contribution in [3.05, 3.63) is 59.7 Å². The molecule has 0 aliphatic rings. The molecule has 2 aromatic rings. The maximum Gasteiger partial charge on any atom is 0.335 e. The van der Waals surface area contributed by atoms with Crippen LogP contribution in [0, 0.1) is 6.92 Å². The Labute approximate surface area is 128 Å². The standard InChI is InChI=1S/C17H17NO4/c1-12-11-13(17(20)21)7-8-15(12)18-16(19)9-10-22-14-5-3-2-4-6-14/h2-8,11H,9-10H2,1H3,(H,18,19)(H,20,21). The molecule has 2 rings (SSSR count). The number of nitrogens with one attached hydrogen (secondary N) is 1. The molecular weight excluding hydrogens is 282 g/mol. The minimum absolute atomic E-state index is 0.179. The summed E-state index contributed by atoms with van der Waals surface area (Å²) in [6.45, 7) is 2.03. The number of aromatic carboxylic acids is 1. The molecular formula is C17H17NO4. The third-order valence-electron chi connectivity index (χ3n) is 3.09. The monoisotopic (exact) mass is 299 g/mol. The first-order chi connectivity index (χ1) is 10.6. The van der Waals surface area contributed by atoms with Gasteiger partial charge in [-0.05, 0) is 42.8 Å². The van der Waals surface area contributed by atoms with Gasteiger partial charge >= 0.3 is 5.97 Å². The van der Waals surface area contributed by atoms with Gasteiger partial charge < -0.3 is 15.2 Å². The zero-order chi connectivity index (χ0) is 15.9. The molecule has 22 heavy (non-hydrogen) atoms. The lowest BCUT2D eigenvalue weighted by Crippen LogP contribution is -2.16. The van der Waals surface area contributed by atoms with E-state index in [4.69, 9.17) is 9.84 Å². The minimum atomic E-state index is -0.989. The van der Waals surface area contributed by atoms with Gasteiger partial charge in [0.15, 0.2) is 0 Å². The maximum atomic E-state index is 11.9. The lowest BCUT2D eigenvalue weighted by molar-refractivity contribution is -0.116. The van der Waals surface area contributed by atoms with Crippen LogP contribution in [0.3, 0.4) is 0 Å². The van der Waals surface area contributed by atoms with Crippen molar-refractivity contribution in [2.45, 2.75) is 13.3 Å². The molecule has 0 aliphatic heterocycles. The number of rotatable bonds is 6. The second kappa shape index (κ2) is 7.26. The Morgan fingerprint density at radius 2 is 1.86 bits per heavy atom. The molecule has 1 amide bonds. The third kappa shape index (κ3) is 4.34. The fourth-order valence-corrected chi connectivity index (χ4v) is 1.93. The Morgan fingerprint density at radius 1 is 1.14 bits per heavy atom. The van der Waals surface area contributed by atoms with E-state index in [1.165, 1.54) is 12.1 Å². The van der Waals surface area contributed by atoms with Crippen molar-refractivity contribution in [3.8, 4) is 5.75 Å². The molecule has 2 N–H and O–H groups in total. The Kier molecular flexibility index (Phi) is 5.14. The molecule has 0 aromatic heterocycles. The average Bonchev–Trinajstić information content (AvgIpc) is 2.50. The van der Waals surface area contributed by atoms with Gasteiger partial charge in [-0.3, -0.25) is 4.79 Å². The van der Waals surface area contributed by atoms with E-state index in [0.717, 1.165) is 5.75 Å². The van der Waals surface area contributed by atoms with Gasteiger partial charge in [0.05, 0.1) is 18.6 Å². The fourth-order valence-electron chi connectivity index (χ4n) is 1.93. The smallest absolute Gasteiger partial charge is 0.335 e. The number of carbonyl (C=O) groups is 2. The van der Waals surface area contributed by atoms with Gasteiger partial charge in [-0.2, -0.15) is 0 Å². The molecule has 0 fully saturated rings. The maximum absolute atomic E-state index is 11.9. The van der Waals surface area contributed by atoms with Crippen molar-refractivity contribution in [2.24, 2.45) is 0 Å². The van der Waals surface area contributed by atoms with Gasteiger partial charge in [0.25, 0.3) is 0 Å². The number of ether oxygens (including phenoxy) is 1. The van der Waals surface area contributed by atoms with Crippen molar-refractivity contribution in [1.29, 1.82) is 0 Å².